The van der Waals surface area contributed by atoms with Crippen LogP contribution in [0.2, 0.25) is 0 Å². The fourth-order valence-electron chi connectivity index (χ4n) is 3.45. The van der Waals surface area contributed by atoms with Crippen LogP contribution in [0.1, 0.15) is 37.6 Å². The van der Waals surface area contributed by atoms with Gasteiger partial charge in [0.2, 0.25) is 0 Å². The van der Waals surface area contributed by atoms with Gasteiger partial charge in [-0.15, -0.1) is 0 Å². The first-order valence-electron chi connectivity index (χ1n) is 10.4. The molecule has 2 aromatic carbocycles. The zero-order valence-corrected chi connectivity index (χ0v) is 17.8. The second kappa shape index (κ2) is 10.1. The van der Waals surface area contributed by atoms with Gasteiger partial charge in [-0.2, -0.15) is 0 Å². The fourth-order valence-corrected chi connectivity index (χ4v) is 3.45. The minimum atomic E-state index is 0.483. The molecule has 1 aromatic heterocycles. The summed E-state index contributed by atoms with van der Waals surface area (Å²) >= 11 is 0. The molecule has 3 nitrogen and oxygen atoms in total. The number of hydrogen-bond donors (Lipinski definition) is 1. The molecule has 0 aliphatic heterocycles. The Balaban J connectivity index is 2.00. The minimum absolute atomic E-state index is 0.483. The molecular formula is C26H32N2O. The summed E-state index contributed by atoms with van der Waals surface area (Å²) in [7, 11) is 0. The van der Waals surface area contributed by atoms with Gasteiger partial charge in [0, 0.05) is 29.7 Å². The predicted octanol–water partition coefficient (Wildman–Crippen LogP) is 5.86. The van der Waals surface area contributed by atoms with Gasteiger partial charge in [-0.25, -0.2) is 0 Å². The summed E-state index contributed by atoms with van der Waals surface area (Å²) in [4.78, 5) is 0. The van der Waals surface area contributed by atoms with Crippen molar-refractivity contribution < 1.29 is 4.74 Å². The van der Waals surface area contributed by atoms with Crippen molar-refractivity contribution in [2.45, 2.75) is 40.3 Å². The molecule has 2 N–H and O–H groups in total. The molecule has 0 unspecified atom stereocenters. The average Bonchev–Trinajstić information content (AvgIpc) is 3.07. The molecule has 0 aliphatic carbocycles. The molecular weight excluding hydrogens is 356 g/mol. The number of hydrogen-bond acceptors (Lipinski definition) is 2. The van der Waals surface area contributed by atoms with Crippen molar-refractivity contribution in [2.24, 2.45) is 11.7 Å². The lowest BCUT2D eigenvalue weighted by Gasteiger charge is -2.17. The Morgan fingerprint density at radius 2 is 1.90 bits per heavy atom. The third-order valence-corrected chi connectivity index (χ3v) is 4.92. The predicted molar refractivity (Wildman–Crippen MR) is 123 cm³/mol. The monoisotopic (exact) mass is 388 g/mol. The molecule has 0 saturated heterocycles. The van der Waals surface area contributed by atoms with Gasteiger partial charge in [-0.1, -0.05) is 62.4 Å². The summed E-state index contributed by atoms with van der Waals surface area (Å²) in [5.74, 6) is 1.43. The Hall–Kier alpha value is -2.78. The Bertz CT molecular complexity index is 995. The maximum absolute atomic E-state index is 6.13. The third kappa shape index (κ3) is 5.39. The lowest BCUT2D eigenvalue weighted by Crippen LogP contribution is -2.10. The van der Waals surface area contributed by atoms with E-state index < -0.39 is 0 Å². The number of allylic oxidation sites excluding steroid dienone is 4. The standard InChI is InChI=1S/C26H32N2O/c1-4-5-6-7-11-24-16-22-10-8-9-12-25(22)28(24)18-23-15-21(17-27)13-14-26(23)29-19-20(2)3/h4-10,12-16,20H,11,17-19,27H2,1-3H3/b5-4-,7-6-. The normalized spacial score (nSPS) is 12.0. The van der Waals surface area contributed by atoms with Crippen molar-refractivity contribution in [3.05, 3.63) is 89.7 Å². The third-order valence-electron chi connectivity index (χ3n) is 4.92. The van der Waals surface area contributed by atoms with E-state index in [1.807, 2.05) is 13.0 Å². The van der Waals surface area contributed by atoms with E-state index in [0.29, 0.717) is 19.1 Å². The van der Waals surface area contributed by atoms with Crippen molar-refractivity contribution in [3.8, 4) is 5.75 Å². The molecule has 0 aliphatic rings. The number of nitrogens with two attached hydrogens (primary N) is 1. The number of fused-ring (bicyclic) bond motifs is 1. The first kappa shape index (κ1) is 20.9. The molecule has 152 valence electrons. The molecule has 0 saturated carbocycles. The van der Waals surface area contributed by atoms with E-state index in [1.54, 1.807) is 0 Å². The number of rotatable bonds is 9. The Morgan fingerprint density at radius 1 is 1.07 bits per heavy atom. The maximum atomic E-state index is 6.13. The number of ether oxygens (including phenoxy) is 1. The van der Waals surface area contributed by atoms with Gasteiger partial charge in [0.1, 0.15) is 5.75 Å². The molecule has 3 heteroatoms. The average molecular weight is 389 g/mol. The largest absolute Gasteiger partial charge is 0.493 e. The number of aromatic nitrogens is 1. The van der Waals surface area contributed by atoms with Crippen LogP contribution in [0.15, 0.2) is 72.8 Å². The van der Waals surface area contributed by atoms with Crippen molar-refractivity contribution in [2.75, 3.05) is 6.61 Å². The van der Waals surface area contributed by atoms with E-state index in [9.17, 15) is 0 Å². The van der Waals surface area contributed by atoms with E-state index in [0.717, 1.165) is 24.3 Å². The summed E-state index contributed by atoms with van der Waals surface area (Å²) < 4.78 is 8.53. The van der Waals surface area contributed by atoms with Crippen LogP contribution in [0.3, 0.4) is 0 Å². The molecule has 0 amide bonds. The van der Waals surface area contributed by atoms with E-state index >= 15 is 0 Å². The van der Waals surface area contributed by atoms with Crippen molar-refractivity contribution >= 4 is 10.9 Å². The zero-order valence-electron chi connectivity index (χ0n) is 17.8. The van der Waals surface area contributed by atoms with Gasteiger partial charge in [0.05, 0.1) is 13.2 Å². The van der Waals surface area contributed by atoms with E-state index in [2.05, 4.69) is 85.2 Å². The number of benzene rings is 2. The second-order valence-corrected chi connectivity index (χ2v) is 7.79. The topological polar surface area (TPSA) is 40.2 Å². The molecule has 3 aromatic rings. The van der Waals surface area contributed by atoms with Crippen molar-refractivity contribution in [1.29, 1.82) is 0 Å². The molecule has 1 heterocycles. The van der Waals surface area contributed by atoms with Gasteiger partial charge < -0.3 is 15.0 Å². The van der Waals surface area contributed by atoms with Crippen LogP contribution in [0, 0.1) is 5.92 Å². The van der Waals surface area contributed by atoms with Crippen molar-refractivity contribution in [3.63, 3.8) is 0 Å². The second-order valence-electron chi connectivity index (χ2n) is 7.79. The summed E-state index contributed by atoms with van der Waals surface area (Å²) in [6, 6.07) is 17.2. The van der Waals surface area contributed by atoms with Gasteiger partial charge in [-0.05, 0) is 48.1 Å². The van der Waals surface area contributed by atoms with E-state index in [-0.39, 0.29) is 0 Å². The summed E-state index contributed by atoms with van der Waals surface area (Å²) in [6.07, 6.45) is 9.31. The molecule has 0 fully saturated rings. The summed E-state index contributed by atoms with van der Waals surface area (Å²) in [5.41, 5.74) is 10.8. The quantitative estimate of drug-likeness (QED) is 0.467. The minimum Gasteiger partial charge on any atom is -0.493 e. The van der Waals surface area contributed by atoms with Gasteiger partial charge in [-0.3, -0.25) is 0 Å². The van der Waals surface area contributed by atoms with Gasteiger partial charge in [0.25, 0.3) is 0 Å². The van der Waals surface area contributed by atoms with Gasteiger partial charge >= 0.3 is 0 Å². The smallest absolute Gasteiger partial charge is 0.124 e. The Kier molecular flexibility index (Phi) is 7.31. The zero-order chi connectivity index (χ0) is 20.6. The molecule has 29 heavy (non-hydrogen) atoms. The molecule has 0 spiro atoms. The highest BCUT2D eigenvalue weighted by molar-refractivity contribution is 5.81. The Labute approximate surface area is 174 Å². The highest BCUT2D eigenvalue weighted by Crippen LogP contribution is 2.27. The van der Waals surface area contributed by atoms with Crippen LogP contribution in [0.25, 0.3) is 10.9 Å². The first-order chi connectivity index (χ1) is 14.1. The van der Waals surface area contributed by atoms with E-state index in [1.165, 1.54) is 22.2 Å². The van der Waals surface area contributed by atoms with E-state index in [4.69, 9.17) is 10.5 Å². The number of para-hydroxylation sites is 1. The lowest BCUT2D eigenvalue weighted by atomic mass is 10.1. The molecule has 0 radical (unpaired) electrons. The van der Waals surface area contributed by atoms with Crippen LogP contribution in [-0.2, 0) is 19.5 Å². The Morgan fingerprint density at radius 3 is 2.66 bits per heavy atom. The highest BCUT2D eigenvalue weighted by atomic mass is 16.5. The van der Waals surface area contributed by atoms with Crippen LogP contribution >= 0.6 is 0 Å². The first-order valence-corrected chi connectivity index (χ1v) is 10.4. The summed E-state index contributed by atoms with van der Waals surface area (Å²) in [6.45, 7) is 8.38. The number of nitrogens with zero attached hydrogens (tertiary/aromatic N) is 1. The molecule has 0 bridgehead atoms. The van der Waals surface area contributed by atoms with Crippen LogP contribution in [0.4, 0.5) is 0 Å². The summed E-state index contributed by atoms with van der Waals surface area (Å²) in [5, 5.41) is 1.27. The lowest BCUT2D eigenvalue weighted by molar-refractivity contribution is 0.268. The van der Waals surface area contributed by atoms with Crippen LogP contribution in [0.5, 0.6) is 5.75 Å². The van der Waals surface area contributed by atoms with Crippen LogP contribution in [-0.4, -0.2) is 11.2 Å². The fraction of sp³-hybridized carbons (Fsp3) is 0.308. The molecule has 3 rings (SSSR count). The SMILES string of the molecule is C/C=C\C=C/Cc1cc2ccccc2n1Cc1cc(CN)ccc1OCC(C)C. The maximum Gasteiger partial charge on any atom is 0.124 e. The van der Waals surface area contributed by atoms with Crippen molar-refractivity contribution in [1.82, 2.24) is 4.57 Å². The molecule has 0 atom stereocenters. The highest BCUT2D eigenvalue weighted by Gasteiger charge is 2.12. The van der Waals surface area contributed by atoms with Crippen LogP contribution < -0.4 is 10.5 Å². The van der Waals surface area contributed by atoms with Gasteiger partial charge in [0.15, 0.2) is 0 Å².